The van der Waals surface area contributed by atoms with Gasteiger partial charge in [-0.2, -0.15) is 4.31 Å². The molecule has 1 aromatic rings. The number of hydrogen-bond donors (Lipinski definition) is 1. The Morgan fingerprint density at radius 2 is 1.83 bits per heavy atom. The Balaban J connectivity index is 3.29. The van der Waals surface area contributed by atoms with Gasteiger partial charge < -0.3 is 5.11 Å². The van der Waals surface area contributed by atoms with Crippen LogP contribution in [0.5, 0.6) is 5.75 Å². The van der Waals surface area contributed by atoms with Gasteiger partial charge in [0.1, 0.15) is 5.75 Å². The third kappa shape index (κ3) is 3.00. The molecule has 0 unspecified atom stereocenters. The van der Waals surface area contributed by atoms with Gasteiger partial charge in [-0.15, -0.1) is 13.2 Å². The minimum Gasteiger partial charge on any atom is -0.508 e. The van der Waals surface area contributed by atoms with Crippen LogP contribution in [0, 0.1) is 6.92 Å². The molecule has 5 heteroatoms. The Hall–Kier alpha value is -1.59. The molecule has 0 atom stereocenters. The maximum absolute atomic E-state index is 12.4. The van der Waals surface area contributed by atoms with Crippen molar-refractivity contribution in [2.45, 2.75) is 11.8 Å². The molecular weight excluding hydrogens is 250 g/mol. The standard InChI is InChI=1S/C13H17NO3S/c1-4-8-14(9-5-2)18(16,17)13-10-12(15)7-6-11(13)3/h4-7,10,15H,1-2,8-9H2,3H3. The summed E-state index contributed by atoms with van der Waals surface area (Å²) >= 11 is 0. The number of aromatic hydroxyl groups is 1. The van der Waals surface area contributed by atoms with Gasteiger partial charge >= 0.3 is 0 Å². The summed E-state index contributed by atoms with van der Waals surface area (Å²) in [6.45, 7) is 9.16. The second-order valence-electron chi connectivity index (χ2n) is 3.85. The molecule has 0 aliphatic rings. The van der Waals surface area contributed by atoms with Crippen molar-refractivity contribution in [3.63, 3.8) is 0 Å². The van der Waals surface area contributed by atoms with E-state index in [4.69, 9.17) is 0 Å². The largest absolute Gasteiger partial charge is 0.508 e. The first kappa shape index (κ1) is 14.5. The van der Waals surface area contributed by atoms with Crippen molar-refractivity contribution in [1.29, 1.82) is 0 Å². The Morgan fingerprint density at radius 1 is 1.28 bits per heavy atom. The van der Waals surface area contributed by atoms with E-state index in [9.17, 15) is 13.5 Å². The number of rotatable bonds is 6. The van der Waals surface area contributed by atoms with Gasteiger partial charge in [0.25, 0.3) is 0 Å². The summed E-state index contributed by atoms with van der Waals surface area (Å²) in [5.41, 5.74) is 0.589. The number of phenols is 1. The van der Waals surface area contributed by atoms with E-state index in [0.29, 0.717) is 5.56 Å². The summed E-state index contributed by atoms with van der Waals surface area (Å²) < 4.78 is 26.1. The normalized spacial score (nSPS) is 11.4. The highest BCUT2D eigenvalue weighted by Gasteiger charge is 2.24. The molecule has 0 saturated heterocycles. The van der Waals surface area contributed by atoms with Crippen LogP contribution < -0.4 is 0 Å². The highest BCUT2D eigenvalue weighted by Crippen LogP contribution is 2.24. The van der Waals surface area contributed by atoms with Crippen molar-refractivity contribution in [1.82, 2.24) is 4.31 Å². The van der Waals surface area contributed by atoms with Crippen LogP contribution >= 0.6 is 0 Å². The predicted octanol–water partition coefficient (Wildman–Crippen LogP) is 2.06. The Kier molecular flexibility index (Phi) is 4.69. The second-order valence-corrected chi connectivity index (χ2v) is 5.76. The molecule has 1 aromatic carbocycles. The molecule has 4 nitrogen and oxygen atoms in total. The van der Waals surface area contributed by atoms with Crippen LogP contribution in [0.2, 0.25) is 0 Å². The van der Waals surface area contributed by atoms with Crippen LogP contribution in [0.15, 0.2) is 48.4 Å². The molecule has 1 rings (SSSR count). The van der Waals surface area contributed by atoms with Crippen LogP contribution in [0.25, 0.3) is 0 Å². The summed E-state index contributed by atoms with van der Waals surface area (Å²) in [5, 5.41) is 9.42. The van der Waals surface area contributed by atoms with Gasteiger partial charge in [-0.25, -0.2) is 8.42 Å². The van der Waals surface area contributed by atoms with Crippen molar-refractivity contribution >= 4 is 10.0 Å². The van der Waals surface area contributed by atoms with E-state index in [-0.39, 0.29) is 23.7 Å². The Labute approximate surface area is 108 Å². The van der Waals surface area contributed by atoms with Gasteiger partial charge in [-0.1, -0.05) is 18.2 Å². The fourth-order valence-corrected chi connectivity index (χ4v) is 3.19. The molecule has 0 aliphatic heterocycles. The fraction of sp³-hybridized carbons (Fsp3) is 0.231. The van der Waals surface area contributed by atoms with Gasteiger partial charge in [0.2, 0.25) is 10.0 Å². The van der Waals surface area contributed by atoms with Gasteiger partial charge in [0.05, 0.1) is 4.90 Å². The Bertz CT molecular complexity index is 539. The smallest absolute Gasteiger partial charge is 0.244 e. The van der Waals surface area contributed by atoms with E-state index in [0.717, 1.165) is 0 Å². The topological polar surface area (TPSA) is 57.6 Å². The molecule has 0 aromatic heterocycles. The lowest BCUT2D eigenvalue weighted by Crippen LogP contribution is -2.31. The highest BCUT2D eigenvalue weighted by molar-refractivity contribution is 7.89. The molecule has 1 N–H and O–H groups in total. The molecule has 0 spiro atoms. The van der Waals surface area contributed by atoms with Crippen LogP contribution in [0.1, 0.15) is 5.56 Å². The zero-order chi connectivity index (χ0) is 13.8. The Morgan fingerprint density at radius 3 is 2.33 bits per heavy atom. The van der Waals surface area contributed by atoms with Crippen LogP contribution in [-0.2, 0) is 10.0 Å². The number of aryl methyl sites for hydroxylation is 1. The SMILES string of the molecule is C=CCN(CC=C)S(=O)(=O)c1cc(O)ccc1C. The zero-order valence-corrected chi connectivity index (χ0v) is 11.2. The first-order valence-corrected chi connectivity index (χ1v) is 6.89. The maximum Gasteiger partial charge on any atom is 0.244 e. The first-order valence-electron chi connectivity index (χ1n) is 5.45. The van der Waals surface area contributed by atoms with Gasteiger partial charge in [0.15, 0.2) is 0 Å². The van der Waals surface area contributed by atoms with E-state index in [1.165, 1.54) is 28.6 Å². The lowest BCUT2D eigenvalue weighted by Gasteiger charge is -2.20. The zero-order valence-electron chi connectivity index (χ0n) is 10.3. The molecular formula is C13H17NO3S. The quantitative estimate of drug-likeness (QED) is 0.803. The molecule has 0 heterocycles. The van der Waals surface area contributed by atoms with Crippen molar-refractivity contribution in [2.24, 2.45) is 0 Å². The monoisotopic (exact) mass is 267 g/mol. The molecule has 0 amide bonds. The average Bonchev–Trinajstić information content (AvgIpc) is 2.32. The summed E-state index contributed by atoms with van der Waals surface area (Å²) in [5.74, 6) is -0.0728. The van der Waals surface area contributed by atoms with Crippen LogP contribution in [0.3, 0.4) is 0 Å². The van der Waals surface area contributed by atoms with Gasteiger partial charge in [0, 0.05) is 19.2 Å². The van der Waals surface area contributed by atoms with E-state index in [1.54, 1.807) is 13.0 Å². The van der Waals surface area contributed by atoms with Crippen molar-refractivity contribution in [3.8, 4) is 5.75 Å². The molecule has 0 saturated carbocycles. The lowest BCUT2D eigenvalue weighted by molar-refractivity contribution is 0.463. The lowest BCUT2D eigenvalue weighted by atomic mass is 10.2. The summed E-state index contributed by atoms with van der Waals surface area (Å²) in [7, 11) is -3.65. The van der Waals surface area contributed by atoms with Crippen molar-refractivity contribution in [3.05, 3.63) is 49.1 Å². The van der Waals surface area contributed by atoms with E-state index < -0.39 is 10.0 Å². The van der Waals surface area contributed by atoms with Crippen molar-refractivity contribution in [2.75, 3.05) is 13.1 Å². The molecule has 18 heavy (non-hydrogen) atoms. The second kappa shape index (κ2) is 5.84. The molecule has 0 fully saturated rings. The fourth-order valence-electron chi connectivity index (χ4n) is 1.56. The molecule has 0 bridgehead atoms. The van der Waals surface area contributed by atoms with Crippen LogP contribution in [0.4, 0.5) is 0 Å². The molecule has 0 aliphatic carbocycles. The number of nitrogens with zero attached hydrogens (tertiary/aromatic N) is 1. The highest BCUT2D eigenvalue weighted by atomic mass is 32.2. The molecule has 0 radical (unpaired) electrons. The van der Waals surface area contributed by atoms with Gasteiger partial charge in [-0.3, -0.25) is 0 Å². The third-order valence-corrected chi connectivity index (χ3v) is 4.43. The summed E-state index contributed by atoms with van der Waals surface area (Å²) in [4.78, 5) is 0.103. The summed E-state index contributed by atoms with van der Waals surface area (Å²) in [6, 6.07) is 4.28. The summed E-state index contributed by atoms with van der Waals surface area (Å²) in [6.07, 6.45) is 3.03. The minimum atomic E-state index is -3.65. The van der Waals surface area contributed by atoms with Gasteiger partial charge in [-0.05, 0) is 18.6 Å². The third-order valence-electron chi connectivity index (χ3n) is 2.46. The minimum absolute atomic E-state index is 0.0728. The van der Waals surface area contributed by atoms with E-state index in [1.807, 2.05) is 0 Å². The van der Waals surface area contributed by atoms with Crippen LogP contribution in [-0.4, -0.2) is 30.9 Å². The molecule has 98 valence electrons. The number of phenolic OH excluding ortho intramolecular Hbond substituents is 1. The predicted molar refractivity (Wildman–Crippen MR) is 72.0 cm³/mol. The van der Waals surface area contributed by atoms with E-state index >= 15 is 0 Å². The number of hydrogen-bond acceptors (Lipinski definition) is 3. The first-order chi connectivity index (χ1) is 8.43. The number of sulfonamides is 1. The maximum atomic E-state index is 12.4. The average molecular weight is 267 g/mol. The number of benzene rings is 1. The van der Waals surface area contributed by atoms with E-state index in [2.05, 4.69) is 13.2 Å². The van der Waals surface area contributed by atoms with Crippen molar-refractivity contribution < 1.29 is 13.5 Å².